The van der Waals surface area contributed by atoms with Crippen LogP contribution < -0.4 is 0 Å². The summed E-state index contributed by atoms with van der Waals surface area (Å²) in [6, 6.07) is 8.50. The molecule has 0 spiro atoms. The summed E-state index contributed by atoms with van der Waals surface area (Å²) in [6.07, 6.45) is 1.58. The molecule has 0 aliphatic carbocycles. The smallest absolute Gasteiger partial charge is 0.158 e. The minimum Gasteiger partial charge on any atom is -0.377 e. The minimum absolute atomic E-state index is 0.205. The number of rotatable bonds is 5. The number of fused-ring (bicyclic) bond motifs is 1. The fraction of sp³-hybridized carbons (Fsp3) is 0.462. The Balaban J connectivity index is 1.91. The third-order valence-electron chi connectivity index (χ3n) is 2.88. The van der Waals surface area contributed by atoms with E-state index < -0.39 is 0 Å². The zero-order chi connectivity index (χ0) is 11.4. The number of Topliss-reactive ketones (excluding diaryl/α,β-unsaturated/α-hetero) is 1. The van der Waals surface area contributed by atoms with Gasteiger partial charge in [0.15, 0.2) is 5.78 Å². The zero-order valence-electron chi connectivity index (χ0n) is 9.44. The first-order chi connectivity index (χ1) is 7.81. The molecule has 1 atom stereocenters. The first kappa shape index (κ1) is 11.7. The second-order valence-corrected chi connectivity index (χ2v) is 5.12. The fourth-order valence-electron chi connectivity index (χ4n) is 2.04. The summed E-state index contributed by atoms with van der Waals surface area (Å²) in [5.74, 6) is 1.86. The Morgan fingerprint density at radius 2 is 2.31 bits per heavy atom. The molecular formula is C13H16O2S. The summed E-state index contributed by atoms with van der Waals surface area (Å²) in [6.45, 7) is 0.251. The second kappa shape index (κ2) is 5.51. The van der Waals surface area contributed by atoms with Gasteiger partial charge in [-0.15, -0.1) is 11.8 Å². The van der Waals surface area contributed by atoms with Gasteiger partial charge in [0, 0.05) is 24.2 Å². The van der Waals surface area contributed by atoms with Crippen LogP contribution in [0.1, 0.15) is 24.3 Å². The van der Waals surface area contributed by atoms with Crippen molar-refractivity contribution >= 4 is 17.5 Å². The Bertz CT molecular complexity index is 376. The summed E-state index contributed by atoms with van der Waals surface area (Å²) in [5, 5.41) is 0. The van der Waals surface area contributed by atoms with Crippen molar-refractivity contribution in [3.63, 3.8) is 0 Å². The Morgan fingerprint density at radius 3 is 3.12 bits per heavy atom. The van der Waals surface area contributed by atoms with E-state index in [0.717, 1.165) is 12.2 Å². The summed E-state index contributed by atoms with van der Waals surface area (Å²) < 4.78 is 4.83. The van der Waals surface area contributed by atoms with Crippen molar-refractivity contribution in [1.82, 2.24) is 0 Å². The molecule has 0 saturated carbocycles. The molecule has 0 fully saturated rings. The molecular weight excluding hydrogens is 220 g/mol. The van der Waals surface area contributed by atoms with Crippen molar-refractivity contribution in [1.29, 1.82) is 0 Å². The molecule has 1 heterocycles. The lowest BCUT2D eigenvalue weighted by Crippen LogP contribution is -2.08. The van der Waals surface area contributed by atoms with Crippen LogP contribution in [0.5, 0.6) is 0 Å². The highest BCUT2D eigenvalue weighted by molar-refractivity contribution is 7.99. The number of ether oxygens (including phenoxy) is 1. The zero-order valence-corrected chi connectivity index (χ0v) is 10.3. The average Bonchev–Trinajstić information content (AvgIpc) is 2.70. The summed E-state index contributed by atoms with van der Waals surface area (Å²) in [4.78, 5) is 12.8. The molecule has 0 N–H and O–H groups in total. The standard InChI is InChI=1S/C13H16O2S/c1-15-8-11(14)7-6-10-9-16-13-5-3-2-4-12(10)13/h2-5,10H,6-9H2,1H3. The van der Waals surface area contributed by atoms with Crippen LogP contribution in [-0.2, 0) is 9.53 Å². The van der Waals surface area contributed by atoms with Gasteiger partial charge in [-0.1, -0.05) is 18.2 Å². The van der Waals surface area contributed by atoms with Gasteiger partial charge in [0.25, 0.3) is 0 Å². The topological polar surface area (TPSA) is 26.3 Å². The molecule has 0 saturated heterocycles. The SMILES string of the molecule is COCC(=O)CCC1CSc2ccccc21. The molecule has 0 bridgehead atoms. The molecule has 0 aromatic heterocycles. The van der Waals surface area contributed by atoms with E-state index in [9.17, 15) is 4.79 Å². The van der Waals surface area contributed by atoms with Gasteiger partial charge in [-0.3, -0.25) is 4.79 Å². The third kappa shape index (κ3) is 2.66. The lowest BCUT2D eigenvalue weighted by Gasteiger charge is -2.09. The van der Waals surface area contributed by atoms with Crippen LogP contribution in [0.4, 0.5) is 0 Å². The average molecular weight is 236 g/mol. The van der Waals surface area contributed by atoms with Crippen LogP contribution in [0.15, 0.2) is 29.2 Å². The van der Waals surface area contributed by atoms with E-state index in [0.29, 0.717) is 12.3 Å². The number of ketones is 1. The van der Waals surface area contributed by atoms with Crippen molar-refractivity contribution in [2.24, 2.45) is 0 Å². The Morgan fingerprint density at radius 1 is 1.50 bits per heavy atom. The molecule has 2 nitrogen and oxygen atoms in total. The summed E-state index contributed by atoms with van der Waals surface area (Å²) >= 11 is 1.90. The highest BCUT2D eigenvalue weighted by atomic mass is 32.2. The molecule has 3 heteroatoms. The molecule has 86 valence electrons. The summed E-state index contributed by atoms with van der Waals surface area (Å²) in [7, 11) is 1.57. The number of carbonyl (C=O) groups excluding carboxylic acids is 1. The first-order valence-electron chi connectivity index (χ1n) is 5.53. The molecule has 0 amide bonds. The van der Waals surface area contributed by atoms with Crippen LogP contribution in [0, 0.1) is 0 Å². The van der Waals surface area contributed by atoms with E-state index in [2.05, 4.69) is 24.3 Å². The number of hydrogen-bond donors (Lipinski definition) is 0. The summed E-state index contributed by atoms with van der Waals surface area (Å²) in [5.41, 5.74) is 1.41. The Labute approximate surface area is 100 Å². The van der Waals surface area contributed by atoms with E-state index in [-0.39, 0.29) is 12.4 Å². The predicted octanol–water partition coefficient (Wildman–Crippen LogP) is 2.87. The number of hydrogen-bond acceptors (Lipinski definition) is 3. The van der Waals surface area contributed by atoms with Gasteiger partial charge in [0.1, 0.15) is 6.61 Å². The maximum absolute atomic E-state index is 11.4. The van der Waals surface area contributed by atoms with Gasteiger partial charge in [0.05, 0.1) is 0 Å². The van der Waals surface area contributed by atoms with Crippen molar-refractivity contribution in [3.8, 4) is 0 Å². The predicted molar refractivity (Wildman–Crippen MR) is 66.0 cm³/mol. The van der Waals surface area contributed by atoms with Crippen molar-refractivity contribution in [3.05, 3.63) is 29.8 Å². The lowest BCUT2D eigenvalue weighted by atomic mass is 9.95. The molecule has 1 aliphatic rings. The largest absolute Gasteiger partial charge is 0.377 e. The van der Waals surface area contributed by atoms with Gasteiger partial charge in [0.2, 0.25) is 0 Å². The van der Waals surface area contributed by atoms with Gasteiger partial charge in [-0.25, -0.2) is 0 Å². The normalized spacial score (nSPS) is 18.4. The van der Waals surface area contributed by atoms with Crippen molar-refractivity contribution in [2.45, 2.75) is 23.7 Å². The van der Waals surface area contributed by atoms with Gasteiger partial charge < -0.3 is 4.74 Å². The number of methoxy groups -OCH3 is 1. The fourth-order valence-corrected chi connectivity index (χ4v) is 3.34. The monoisotopic (exact) mass is 236 g/mol. The van der Waals surface area contributed by atoms with Gasteiger partial charge in [-0.2, -0.15) is 0 Å². The van der Waals surface area contributed by atoms with Crippen LogP contribution >= 0.6 is 11.8 Å². The first-order valence-corrected chi connectivity index (χ1v) is 6.52. The third-order valence-corrected chi connectivity index (χ3v) is 4.13. The van der Waals surface area contributed by atoms with E-state index in [1.54, 1.807) is 7.11 Å². The number of carbonyl (C=O) groups is 1. The highest BCUT2D eigenvalue weighted by Gasteiger charge is 2.22. The maximum atomic E-state index is 11.4. The number of benzene rings is 1. The minimum atomic E-state index is 0.205. The van der Waals surface area contributed by atoms with E-state index in [4.69, 9.17) is 4.74 Å². The van der Waals surface area contributed by atoms with Gasteiger partial charge in [-0.05, 0) is 24.0 Å². The second-order valence-electron chi connectivity index (χ2n) is 4.06. The van der Waals surface area contributed by atoms with E-state index >= 15 is 0 Å². The molecule has 0 radical (unpaired) electrons. The maximum Gasteiger partial charge on any atom is 0.158 e. The quantitative estimate of drug-likeness (QED) is 0.786. The van der Waals surface area contributed by atoms with Crippen LogP contribution in [-0.4, -0.2) is 25.3 Å². The van der Waals surface area contributed by atoms with E-state index in [1.165, 1.54) is 10.5 Å². The molecule has 1 aliphatic heterocycles. The van der Waals surface area contributed by atoms with E-state index in [1.807, 2.05) is 11.8 Å². The van der Waals surface area contributed by atoms with Gasteiger partial charge >= 0.3 is 0 Å². The van der Waals surface area contributed by atoms with Crippen molar-refractivity contribution in [2.75, 3.05) is 19.5 Å². The highest BCUT2D eigenvalue weighted by Crippen LogP contribution is 2.41. The number of thioether (sulfide) groups is 1. The lowest BCUT2D eigenvalue weighted by molar-refractivity contribution is -0.122. The molecule has 1 aromatic rings. The molecule has 1 aromatic carbocycles. The Hall–Kier alpha value is -0.800. The Kier molecular flexibility index (Phi) is 4.02. The van der Waals surface area contributed by atoms with Crippen LogP contribution in [0.2, 0.25) is 0 Å². The van der Waals surface area contributed by atoms with Crippen molar-refractivity contribution < 1.29 is 9.53 Å². The van der Waals surface area contributed by atoms with Crippen LogP contribution in [0.3, 0.4) is 0 Å². The molecule has 1 unspecified atom stereocenters. The molecule has 16 heavy (non-hydrogen) atoms. The van der Waals surface area contributed by atoms with Crippen LogP contribution in [0.25, 0.3) is 0 Å². The molecule has 2 rings (SSSR count).